The van der Waals surface area contributed by atoms with Gasteiger partial charge >= 0.3 is 0 Å². The van der Waals surface area contributed by atoms with Crippen LogP contribution >= 0.6 is 0 Å². The molecule has 2 heterocycles. The maximum atomic E-state index is 12.2. The summed E-state index contributed by atoms with van der Waals surface area (Å²) in [4.78, 5) is 17.1. The largest absolute Gasteiger partial charge is 0.497 e. The van der Waals surface area contributed by atoms with Crippen molar-refractivity contribution in [3.8, 4) is 5.75 Å². The lowest BCUT2D eigenvalue weighted by Crippen LogP contribution is -2.30. The number of aromatic amines is 1. The molecule has 1 aliphatic heterocycles. The number of fused-ring (bicyclic) bond motifs is 1. The van der Waals surface area contributed by atoms with Gasteiger partial charge in [-0.3, -0.25) is 4.79 Å². The number of likely N-dealkylation sites (tertiary alicyclic amines) is 1. The predicted octanol–water partition coefficient (Wildman–Crippen LogP) is 1.31. The van der Waals surface area contributed by atoms with E-state index in [0.29, 0.717) is 25.9 Å². The minimum absolute atomic E-state index is 0.0604. The Hall–Kier alpha value is -2.01. The SMILES string of the molecule is COc1ccc2[nH]cc(CC(=O)N3CC[C@H](O)C3)c2c1. The second kappa shape index (κ2) is 5.17. The fourth-order valence-electron chi connectivity index (χ4n) is 2.67. The quantitative estimate of drug-likeness (QED) is 0.887. The van der Waals surface area contributed by atoms with E-state index in [1.165, 1.54) is 0 Å². The highest BCUT2D eigenvalue weighted by Gasteiger charge is 2.24. The lowest BCUT2D eigenvalue weighted by atomic mass is 10.1. The van der Waals surface area contributed by atoms with E-state index >= 15 is 0 Å². The average molecular weight is 274 g/mol. The van der Waals surface area contributed by atoms with Crippen molar-refractivity contribution in [1.29, 1.82) is 0 Å². The molecule has 106 valence electrons. The third-order valence-corrected chi connectivity index (χ3v) is 3.83. The molecule has 3 rings (SSSR count). The van der Waals surface area contributed by atoms with Crippen LogP contribution in [0.25, 0.3) is 10.9 Å². The van der Waals surface area contributed by atoms with Crippen LogP contribution in [0.1, 0.15) is 12.0 Å². The number of ether oxygens (including phenoxy) is 1. The van der Waals surface area contributed by atoms with Crippen molar-refractivity contribution >= 4 is 16.8 Å². The van der Waals surface area contributed by atoms with Crippen molar-refractivity contribution < 1.29 is 14.6 Å². The van der Waals surface area contributed by atoms with Crippen LogP contribution in [0, 0.1) is 0 Å². The average Bonchev–Trinajstić information content (AvgIpc) is 3.05. The van der Waals surface area contributed by atoms with E-state index in [4.69, 9.17) is 4.74 Å². The molecule has 0 aliphatic carbocycles. The zero-order valence-electron chi connectivity index (χ0n) is 11.4. The summed E-state index contributed by atoms with van der Waals surface area (Å²) in [6, 6.07) is 5.77. The van der Waals surface area contributed by atoms with Gasteiger partial charge in [0.15, 0.2) is 0 Å². The van der Waals surface area contributed by atoms with Gasteiger partial charge in [0, 0.05) is 30.2 Å². The Morgan fingerprint density at radius 1 is 1.55 bits per heavy atom. The lowest BCUT2D eigenvalue weighted by Gasteiger charge is -2.15. The van der Waals surface area contributed by atoms with E-state index in [1.54, 1.807) is 12.0 Å². The number of benzene rings is 1. The Kier molecular flexibility index (Phi) is 3.36. The monoisotopic (exact) mass is 274 g/mol. The molecular formula is C15H18N2O3. The minimum atomic E-state index is -0.373. The fraction of sp³-hybridized carbons (Fsp3) is 0.400. The van der Waals surface area contributed by atoms with Crippen molar-refractivity contribution in [2.24, 2.45) is 0 Å². The molecule has 20 heavy (non-hydrogen) atoms. The van der Waals surface area contributed by atoms with Crippen LogP contribution in [0.4, 0.5) is 0 Å². The number of aliphatic hydroxyl groups excluding tert-OH is 1. The molecule has 0 radical (unpaired) electrons. The number of amides is 1. The number of carbonyl (C=O) groups excluding carboxylic acids is 1. The van der Waals surface area contributed by atoms with E-state index < -0.39 is 0 Å². The van der Waals surface area contributed by atoms with E-state index in [1.807, 2.05) is 24.4 Å². The molecule has 1 amide bonds. The topological polar surface area (TPSA) is 65.6 Å². The maximum Gasteiger partial charge on any atom is 0.227 e. The Bertz CT molecular complexity index is 635. The number of hydrogen-bond donors (Lipinski definition) is 2. The molecule has 1 fully saturated rings. The summed E-state index contributed by atoms with van der Waals surface area (Å²) in [5.74, 6) is 0.840. The third kappa shape index (κ3) is 2.36. The first-order valence-electron chi connectivity index (χ1n) is 6.77. The van der Waals surface area contributed by atoms with E-state index in [2.05, 4.69) is 4.98 Å². The van der Waals surface area contributed by atoms with Gasteiger partial charge in [-0.2, -0.15) is 0 Å². The van der Waals surface area contributed by atoms with E-state index in [9.17, 15) is 9.90 Å². The third-order valence-electron chi connectivity index (χ3n) is 3.83. The highest BCUT2D eigenvalue weighted by molar-refractivity contribution is 5.89. The highest BCUT2D eigenvalue weighted by atomic mass is 16.5. The Morgan fingerprint density at radius 3 is 3.10 bits per heavy atom. The molecule has 0 spiro atoms. The number of H-pyrrole nitrogens is 1. The number of β-amino-alcohol motifs (C(OH)–C–C–N with tert-alkyl or cyclic N) is 1. The van der Waals surface area contributed by atoms with Gasteiger partial charge in [0.05, 0.1) is 19.6 Å². The van der Waals surface area contributed by atoms with Gasteiger partial charge in [-0.25, -0.2) is 0 Å². The molecule has 0 saturated carbocycles. The first-order valence-corrected chi connectivity index (χ1v) is 6.77. The zero-order chi connectivity index (χ0) is 14.1. The first kappa shape index (κ1) is 13.0. The summed E-state index contributed by atoms with van der Waals surface area (Å²) in [6.45, 7) is 1.09. The second-order valence-corrected chi connectivity index (χ2v) is 5.18. The number of methoxy groups -OCH3 is 1. The molecule has 1 aromatic carbocycles. The minimum Gasteiger partial charge on any atom is -0.497 e. The van der Waals surface area contributed by atoms with Crippen molar-refractivity contribution in [3.05, 3.63) is 30.0 Å². The number of nitrogens with zero attached hydrogens (tertiary/aromatic N) is 1. The summed E-state index contributed by atoms with van der Waals surface area (Å²) in [6.07, 6.45) is 2.52. The molecule has 0 unspecified atom stereocenters. The van der Waals surface area contributed by atoms with Crippen molar-refractivity contribution in [1.82, 2.24) is 9.88 Å². The maximum absolute atomic E-state index is 12.2. The van der Waals surface area contributed by atoms with Crippen molar-refractivity contribution in [3.63, 3.8) is 0 Å². The predicted molar refractivity (Wildman–Crippen MR) is 75.8 cm³/mol. The summed E-state index contributed by atoms with van der Waals surface area (Å²) < 4.78 is 5.22. The molecule has 1 saturated heterocycles. The van der Waals surface area contributed by atoms with Crippen LogP contribution < -0.4 is 4.74 Å². The van der Waals surface area contributed by atoms with Gasteiger partial charge in [-0.1, -0.05) is 0 Å². The van der Waals surface area contributed by atoms with Crippen molar-refractivity contribution in [2.45, 2.75) is 18.9 Å². The van der Waals surface area contributed by atoms with Crippen LogP contribution in [0.5, 0.6) is 5.75 Å². The number of rotatable bonds is 3. The number of nitrogens with one attached hydrogen (secondary N) is 1. The Balaban J connectivity index is 1.81. The summed E-state index contributed by atoms with van der Waals surface area (Å²) in [5, 5.41) is 10.5. The molecule has 0 bridgehead atoms. The summed E-state index contributed by atoms with van der Waals surface area (Å²) in [7, 11) is 1.63. The first-order chi connectivity index (χ1) is 9.67. The van der Waals surface area contributed by atoms with Gasteiger partial charge < -0.3 is 19.7 Å². The highest BCUT2D eigenvalue weighted by Crippen LogP contribution is 2.24. The van der Waals surface area contributed by atoms with Crippen LogP contribution in [0.15, 0.2) is 24.4 Å². The van der Waals surface area contributed by atoms with E-state index in [-0.39, 0.29) is 12.0 Å². The van der Waals surface area contributed by atoms with Gasteiger partial charge in [0.1, 0.15) is 5.75 Å². The van der Waals surface area contributed by atoms with Crippen LogP contribution in [0.2, 0.25) is 0 Å². The summed E-state index contributed by atoms with van der Waals surface area (Å²) in [5.41, 5.74) is 1.96. The lowest BCUT2D eigenvalue weighted by molar-refractivity contribution is -0.129. The number of hydrogen-bond acceptors (Lipinski definition) is 3. The van der Waals surface area contributed by atoms with Crippen LogP contribution in [-0.2, 0) is 11.2 Å². The summed E-state index contributed by atoms with van der Waals surface area (Å²) >= 11 is 0. The molecule has 2 N–H and O–H groups in total. The molecular weight excluding hydrogens is 256 g/mol. The van der Waals surface area contributed by atoms with Gasteiger partial charge in [0.2, 0.25) is 5.91 Å². The number of aromatic nitrogens is 1. The standard InChI is InChI=1S/C15H18N2O3/c1-20-12-2-3-14-13(7-12)10(8-16-14)6-15(19)17-5-4-11(18)9-17/h2-3,7-8,11,16,18H,4-6,9H2,1H3/t11-/m0/s1. The second-order valence-electron chi connectivity index (χ2n) is 5.18. The Labute approximate surface area is 117 Å². The normalized spacial score (nSPS) is 18.7. The molecule has 1 aliphatic rings. The zero-order valence-corrected chi connectivity index (χ0v) is 11.4. The number of aliphatic hydroxyl groups is 1. The smallest absolute Gasteiger partial charge is 0.227 e. The van der Waals surface area contributed by atoms with Gasteiger partial charge in [0.25, 0.3) is 0 Å². The van der Waals surface area contributed by atoms with Gasteiger partial charge in [-0.05, 0) is 30.2 Å². The van der Waals surface area contributed by atoms with Crippen molar-refractivity contribution in [2.75, 3.05) is 20.2 Å². The van der Waals surface area contributed by atoms with Crippen LogP contribution in [0.3, 0.4) is 0 Å². The van der Waals surface area contributed by atoms with E-state index in [0.717, 1.165) is 22.2 Å². The van der Waals surface area contributed by atoms with Gasteiger partial charge in [-0.15, -0.1) is 0 Å². The van der Waals surface area contributed by atoms with Crippen LogP contribution in [-0.4, -0.2) is 47.2 Å². The Morgan fingerprint density at radius 2 is 2.40 bits per heavy atom. The molecule has 2 aromatic rings. The molecule has 5 nitrogen and oxygen atoms in total. The molecule has 5 heteroatoms. The number of carbonyl (C=O) groups is 1. The molecule has 1 atom stereocenters. The molecule has 1 aromatic heterocycles. The fourth-order valence-corrected chi connectivity index (χ4v) is 2.67.